The van der Waals surface area contributed by atoms with Crippen LogP contribution in [-0.2, 0) is 4.74 Å². The van der Waals surface area contributed by atoms with Crippen molar-refractivity contribution in [2.24, 2.45) is 11.8 Å². The van der Waals surface area contributed by atoms with Crippen molar-refractivity contribution < 1.29 is 9.53 Å². The summed E-state index contributed by atoms with van der Waals surface area (Å²) in [5.41, 5.74) is 0.443. The van der Waals surface area contributed by atoms with Crippen LogP contribution in [0, 0.1) is 11.8 Å². The van der Waals surface area contributed by atoms with Gasteiger partial charge in [0.25, 0.3) is 0 Å². The molecular formula is C20H29N5O2. The van der Waals surface area contributed by atoms with Crippen molar-refractivity contribution in [3.63, 3.8) is 0 Å². The molecule has 2 fully saturated rings. The van der Waals surface area contributed by atoms with Gasteiger partial charge in [-0.25, -0.2) is 14.8 Å². The number of carbonyl (C=O) groups excluding carboxylic acids is 1. The highest BCUT2D eigenvalue weighted by molar-refractivity contribution is 5.87. The number of nitrogens with zero attached hydrogens (tertiary/aromatic N) is 4. The molecule has 1 saturated heterocycles. The fraction of sp³-hybridized carbons (Fsp3) is 0.650. The van der Waals surface area contributed by atoms with E-state index in [-0.39, 0.29) is 6.09 Å². The molecule has 1 aliphatic carbocycles. The second-order valence-electron chi connectivity index (χ2n) is 8.75. The van der Waals surface area contributed by atoms with Crippen LogP contribution >= 0.6 is 0 Å². The Hall–Kier alpha value is -2.31. The summed E-state index contributed by atoms with van der Waals surface area (Å²) in [5.74, 6) is 2.10. The van der Waals surface area contributed by atoms with Crippen LogP contribution in [0.1, 0.15) is 40.5 Å². The Morgan fingerprint density at radius 3 is 2.63 bits per heavy atom. The average molecular weight is 371 g/mol. The third kappa shape index (κ3) is 3.47. The maximum absolute atomic E-state index is 12.4. The zero-order chi connectivity index (χ0) is 19.2. The summed E-state index contributed by atoms with van der Waals surface area (Å²) in [7, 11) is 0. The molecule has 7 nitrogen and oxygen atoms in total. The second kappa shape index (κ2) is 6.69. The lowest BCUT2D eigenvalue weighted by Crippen LogP contribution is -2.38. The maximum atomic E-state index is 12.4. The van der Waals surface area contributed by atoms with Gasteiger partial charge in [0, 0.05) is 31.9 Å². The number of ether oxygens (including phenoxy) is 1. The summed E-state index contributed by atoms with van der Waals surface area (Å²) in [6.07, 6.45) is 5.56. The lowest BCUT2D eigenvalue weighted by atomic mass is 10.0. The van der Waals surface area contributed by atoms with E-state index in [1.807, 2.05) is 37.9 Å². The van der Waals surface area contributed by atoms with Crippen LogP contribution in [0.5, 0.6) is 0 Å². The second-order valence-corrected chi connectivity index (χ2v) is 8.75. The lowest BCUT2D eigenvalue weighted by molar-refractivity contribution is 0.0279. The zero-order valence-electron chi connectivity index (χ0n) is 16.6. The normalized spacial score (nSPS) is 23.0. The van der Waals surface area contributed by atoms with E-state index in [4.69, 9.17) is 4.74 Å². The van der Waals surface area contributed by atoms with Gasteiger partial charge in [0.2, 0.25) is 0 Å². The third-order valence-corrected chi connectivity index (χ3v) is 5.76. The van der Waals surface area contributed by atoms with E-state index in [0.29, 0.717) is 17.9 Å². The van der Waals surface area contributed by atoms with E-state index >= 15 is 0 Å². The Labute approximate surface area is 160 Å². The van der Waals surface area contributed by atoms with E-state index in [1.54, 1.807) is 6.33 Å². The van der Waals surface area contributed by atoms with Gasteiger partial charge >= 0.3 is 6.09 Å². The fourth-order valence-corrected chi connectivity index (χ4v) is 4.67. The Morgan fingerprint density at radius 2 is 2.00 bits per heavy atom. The third-order valence-electron chi connectivity index (χ3n) is 5.76. The first-order chi connectivity index (χ1) is 12.9. The molecule has 146 valence electrons. The molecular weight excluding hydrogens is 342 g/mol. The van der Waals surface area contributed by atoms with Crippen LogP contribution in [-0.4, -0.2) is 57.2 Å². The molecule has 2 aromatic heterocycles. The molecule has 1 N–H and O–H groups in total. The quantitative estimate of drug-likeness (QED) is 0.895. The van der Waals surface area contributed by atoms with Gasteiger partial charge in [0.05, 0.1) is 5.39 Å². The number of hydrogen-bond acceptors (Lipinski definition) is 5. The minimum Gasteiger partial charge on any atom is -0.444 e. The predicted molar refractivity (Wildman–Crippen MR) is 105 cm³/mol. The average Bonchev–Trinajstić information content (AvgIpc) is 3.28. The van der Waals surface area contributed by atoms with Gasteiger partial charge in [-0.3, -0.25) is 0 Å². The molecule has 0 aromatic carbocycles. The molecule has 1 aliphatic heterocycles. The fourth-order valence-electron chi connectivity index (χ4n) is 4.67. The highest BCUT2D eigenvalue weighted by atomic mass is 16.6. The van der Waals surface area contributed by atoms with E-state index < -0.39 is 5.60 Å². The molecule has 1 amide bonds. The van der Waals surface area contributed by atoms with Crippen molar-refractivity contribution in [3.8, 4) is 0 Å². The van der Waals surface area contributed by atoms with E-state index in [1.165, 1.54) is 0 Å². The number of nitrogens with one attached hydrogen (secondary N) is 1. The number of likely N-dealkylation sites (tertiary alicyclic amines) is 1. The molecule has 2 aliphatic rings. The van der Waals surface area contributed by atoms with Gasteiger partial charge in [0.15, 0.2) is 0 Å². The number of carbonyl (C=O) groups is 1. The summed E-state index contributed by atoms with van der Waals surface area (Å²) in [6.45, 7) is 10.5. The molecule has 2 aromatic rings. The Bertz CT molecular complexity index is 813. The highest BCUT2D eigenvalue weighted by Gasteiger charge is 2.45. The van der Waals surface area contributed by atoms with Gasteiger partial charge in [-0.2, -0.15) is 0 Å². The Balaban J connectivity index is 1.45. The monoisotopic (exact) mass is 371 g/mol. The molecule has 0 bridgehead atoms. The summed E-state index contributed by atoms with van der Waals surface area (Å²) in [6, 6.07) is 2.51. The van der Waals surface area contributed by atoms with Crippen molar-refractivity contribution in [1.82, 2.24) is 19.9 Å². The molecule has 0 radical (unpaired) electrons. The first-order valence-corrected chi connectivity index (χ1v) is 9.88. The maximum Gasteiger partial charge on any atom is 0.410 e. The topological polar surface area (TPSA) is 74.4 Å². The SMILES string of the molecule is CCN(c1ncnc2[nH]ccc12)C1C[C@@H]2CN(C(=O)OC(C)(C)C)C[C@H]2C1. The molecule has 0 unspecified atom stereocenters. The van der Waals surface area contributed by atoms with Crippen LogP contribution in [0.3, 0.4) is 0 Å². The van der Waals surface area contributed by atoms with Gasteiger partial charge in [0.1, 0.15) is 23.4 Å². The summed E-state index contributed by atoms with van der Waals surface area (Å²) >= 11 is 0. The van der Waals surface area contributed by atoms with Crippen LogP contribution in [0.15, 0.2) is 18.6 Å². The van der Waals surface area contributed by atoms with Crippen molar-refractivity contribution in [2.75, 3.05) is 24.5 Å². The van der Waals surface area contributed by atoms with E-state index in [0.717, 1.165) is 49.3 Å². The largest absolute Gasteiger partial charge is 0.444 e. The van der Waals surface area contributed by atoms with Crippen molar-refractivity contribution >= 4 is 22.9 Å². The number of fused-ring (bicyclic) bond motifs is 2. The van der Waals surface area contributed by atoms with Crippen LogP contribution < -0.4 is 4.90 Å². The van der Waals surface area contributed by atoms with Crippen molar-refractivity contribution in [1.29, 1.82) is 0 Å². The van der Waals surface area contributed by atoms with Gasteiger partial charge in [-0.1, -0.05) is 0 Å². The number of anilines is 1. The van der Waals surface area contributed by atoms with E-state index in [2.05, 4.69) is 26.8 Å². The van der Waals surface area contributed by atoms with Crippen LogP contribution in [0.25, 0.3) is 11.0 Å². The molecule has 1 saturated carbocycles. The van der Waals surface area contributed by atoms with E-state index in [9.17, 15) is 4.79 Å². The molecule has 3 heterocycles. The first-order valence-electron chi connectivity index (χ1n) is 9.88. The minimum atomic E-state index is -0.439. The standard InChI is InChI=1S/C20H29N5O2/c1-5-25(18-16-6-7-21-17(16)22-12-23-18)15-8-13-10-24(11-14(13)9-15)19(26)27-20(2,3)4/h6-7,12-15H,5,8-11H2,1-4H3,(H,21,22,23)/t13-,14-/m1/s1. The van der Waals surface area contributed by atoms with Crippen molar-refractivity contribution in [2.45, 2.75) is 52.2 Å². The molecule has 4 rings (SSSR count). The van der Waals surface area contributed by atoms with Gasteiger partial charge < -0.3 is 19.5 Å². The lowest BCUT2D eigenvalue weighted by Gasteiger charge is -2.31. The number of aromatic nitrogens is 3. The van der Waals surface area contributed by atoms with Gasteiger partial charge in [-0.15, -0.1) is 0 Å². The number of hydrogen-bond donors (Lipinski definition) is 1. The smallest absolute Gasteiger partial charge is 0.410 e. The minimum absolute atomic E-state index is 0.175. The Kier molecular flexibility index (Phi) is 4.48. The zero-order valence-corrected chi connectivity index (χ0v) is 16.6. The number of amides is 1. The molecule has 27 heavy (non-hydrogen) atoms. The number of aromatic amines is 1. The number of rotatable bonds is 3. The summed E-state index contributed by atoms with van der Waals surface area (Å²) in [4.78, 5) is 28.7. The molecule has 7 heteroatoms. The molecule has 2 atom stereocenters. The Morgan fingerprint density at radius 1 is 1.30 bits per heavy atom. The van der Waals surface area contributed by atoms with Crippen molar-refractivity contribution in [3.05, 3.63) is 18.6 Å². The first kappa shape index (κ1) is 18.1. The highest BCUT2D eigenvalue weighted by Crippen LogP contribution is 2.42. The van der Waals surface area contributed by atoms with Gasteiger partial charge in [-0.05, 0) is 58.4 Å². The van der Waals surface area contributed by atoms with Crippen LogP contribution in [0.2, 0.25) is 0 Å². The summed E-state index contributed by atoms with van der Waals surface area (Å²) < 4.78 is 5.55. The summed E-state index contributed by atoms with van der Waals surface area (Å²) in [5, 5.41) is 1.08. The predicted octanol–water partition coefficient (Wildman–Crippen LogP) is 3.43. The molecule has 0 spiro atoms. The van der Waals surface area contributed by atoms with Crippen LogP contribution in [0.4, 0.5) is 10.6 Å². The number of H-pyrrole nitrogens is 1.